The van der Waals surface area contributed by atoms with Crippen LogP contribution < -0.4 is 5.73 Å². The Labute approximate surface area is 97.7 Å². The minimum atomic E-state index is 0.595. The number of benzene rings is 1. The van der Waals surface area contributed by atoms with Gasteiger partial charge in [0.05, 0.1) is 4.88 Å². The molecule has 0 fully saturated rings. The van der Waals surface area contributed by atoms with Gasteiger partial charge < -0.3 is 5.73 Å². The Morgan fingerprint density at radius 2 is 2.27 bits per heavy atom. The molecule has 0 aliphatic carbocycles. The number of thiazole rings is 1. The minimum absolute atomic E-state index is 0.595. The molecule has 0 aliphatic rings. The lowest BCUT2D eigenvalue weighted by molar-refractivity contribution is 1.14. The Hall–Kier alpha value is -1.06. The Balaban J connectivity index is 2.45. The van der Waals surface area contributed by atoms with Crippen molar-refractivity contribution in [3.05, 3.63) is 35.0 Å². The Kier molecular flexibility index (Phi) is 2.93. The van der Waals surface area contributed by atoms with Crippen LogP contribution in [0.25, 0.3) is 10.4 Å². The van der Waals surface area contributed by atoms with E-state index in [1.165, 1.54) is 11.3 Å². The van der Waals surface area contributed by atoms with Crippen LogP contribution >= 0.6 is 22.9 Å². The SMILES string of the molecule is CCc1cc(-c2cnc(N)s2)ccc1Cl. The largest absolute Gasteiger partial charge is 0.375 e. The number of aromatic nitrogens is 1. The first kappa shape index (κ1) is 10.5. The number of halogens is 1. The smallest absolute Gasteiger partial charge is 0.180 e. The second-order valence-electron chi connectivity index (χ2n) is 3.22. The summed E-state index contributed by atoms with van der Waals surface area (Å²) in [6.45, 7) is 2.09. The van der Waals surface area contributed by atoms with E-state index in [9.17, 15) is 0 Å². The van der Waals surface area contributed by atoms with Crippen LogP contribution in [0.1, 0.15) is 12.5 Å². The molecule has 2 nitrogen and oxygen atoms in total. The number of nitrogen functional groups attached to an aromatic ring is 1. The second-order valence-corrected chi connectivity index (χ2v) is 4.69. The van der Waals surface area contributed by atoms with Crippen LogP contribution in [0.15, 0.2) is 24.4 Å². The lowest BCUT2D eigenvalue weighted by Gasteiger charge is -2.03. The molecule has 15 heavy (non-hydrogen) atoms. The van der Waals surface area contributed by atoms with Crippen molar-refractivity contribution in [2.24, 2.45) is 0 Å². The highest BCUT2D eigenvalue weighted by molar-refractivity contribution is 7.18. The molecule has 0 spiro atoms. The topological polar surface area (TPSA) is 38.9 Å². The molecule has 0 saturated heterocycles. The first-order chi connectivity index (χ1) is 7.20. The normalized spacial score (nSPS) is 10.5. The summed E-state index contributed by atoms with van der Waals surface area (Å²) < 4.78 is 0. The fourth-order valence-corrected chi connectivity index (χ4v) is 2.35. The maximum absolute atomic E-state index is 6.05. The third-order valence-electron chi connectivity index (χ3n) is 2.23. The molecule has 1 heterocycles. The summed E-state index contributed by atoms with van der Waals surface area (Å²) in [7, 11) is 0. The van der Waals surface area contributed by atoms with Crippen molar-refractivity contribution < 1.29 is 0 Å². The highest BCUT2D eigenvalue weighted by Crippen LogP contribution is 2.30. The van der Waals surface area contributed by atoms with Gasteiger partial charge in [-0.2, -0.15) is 0 Å². The van der Waals surface area contributed by atoms with Crippen LogP contribution in [0.2, 0.25) is 5.02 Å². The fraction of sp³-hybridized carbons (Fsp3) is 0.182. The van der Waals surface area contributed by atoms with Crippen molar-refractivity contribution in [3.8, 4) is 10.4 Å². The van der Waals surface area contributed by atoms with Gasteiger partial charge in [-0.25, -0.2) is 4.98 Å². The molecule has 4 heteroatoms. The van der Waals surface area contributed by atoms with Crippen LogP contribution in [-0.4, -0.2) is 4.98 Å². The molecular formula is C11H11ClN2S. The average molecular weight is 239 g/mol. The molecule has 0 saturated carbocycles. The minimum Gasteiger partial charge on any atom is -0.375 e. The molecule has 0 aliphatic heterocycles. The standard InChI is InChI=1S/C11H11ClN2S/c1-2-7-5-8(3-4-9(7)12)10-6-14-11(13)15-10/h3-6H,2H2,1H3,(H2,13,14). The van der Waals surface area contributed by atoms with Gasteiger partial charge in [0, 0.05) is 11.2 Å². The van der Waals surface area contributed by atoms with Crippen LogP contribution in [-0.2, 0) is 6.42 Å². The van der Waals surface area contributed by atoms with Crippen LogP contribution in [0.3, 0.4) is 0 Å². The van der Waals surface area contributed by atoms with Crippen molar-refractivity contribution in [2.45, 2.75) is 13.3 Å². The van der Waals surface area contributed by atoms with Gasteiger partial charge in [0.15, 0.2) is 5.13 Å². The van der Waals surface area contributed by atoms with Gasteiger partial charge in [-0.1, -0.05) is 35.9 Å². The van der Waals surface area contributed by atoms with Crippen molar-refractivity contribution in [2.75, 3.05) is 5.73 Å². The van der Waals surface area contributed by atoms with Crippen LogP contribution in [0.5, 0.6) is 0 Å². The summed E-state index contributed by atoms with van der Waals surface area (Å²) in [6.07, 6.45) is 2.73. The number of hydrogen-bond acceptors (Lipinski definition) is 3. The molecule has 2 rings (SSSR count). The summed E-state index contributed by atoms with van der Waals surface area (Å²) in [5.41, 5.74) is 7.88. The van der Waals surface area contributed by atoms with Crippen LogP contribution in [0.4, 0.5) is 5.13 Å². The number of anilines is 1. The number of rotatable bonds is 2. The number of hydrogen-bond donors (Lipinski definition) is 1. The van der Waals surface area contributed by atoms with E-state index in [2.05, 4.69) is 18.0 Å². The maximum atomic E-state index is 6.05. The van der Waals surface area contributed by atoms with E-state index in [-0.39, 0.29) is 0 Å². The van der Waals surface area contributed by atoms with Gasteiger partial charge in [-0.15, -0.1) is 0 Å². The monoisotopic (exact) mass is 238 g/mol. The van der Waals surface area contributed by atoms with E-state index in [0.717, 1.165) is 27.4 Å². The number of nitrogens with two attached hydrogens (primary N) is 1. The van der Waals surface area contributed by atoms with E-state index in [0.29, 0.717) is 5.13 Å². The second kappa shape index (κ2) is 4.21. The maximum Gasteiger partial charge on any atom is 0.180 e. The van der Waals surface area contributed by atoms with Gasteiger partial charge >= 0.3 is 0 Å². The molecule has 78 valence electrons. The van der Waals surface area contributed by atoms with Crippen LogP contribution in [0, 0.1) is 0 Å². The van der Waals surface area contributed by atoms with Crippen molar-refractivity contribution in [1.82, 2.24) is 4.98 Å². The summed E-state index contributed by atoms with van der Waals surface area (Å²) in [6, 6.07) is 6.01. The molecule has 1 aromatic heterocycles. The molecule has 2 N–H and O–H groups in total. The molecule has 2 aromatic rings. The van der Waals surface area contributed by atoms with Gasteiger partial charge in [-0.05, 0) is 29.7 Å². The predicted octanol–water partition coefficient (Wildman–Crippen LogP) is 3.61. The number of aryl methyl sites for hydroxylation is 1. The van der Waals surface area contributed by atoms with Gasteiger partial charge in [-0.3, -0.25) is 0 Å². The third kappa shape index (κ3) is 2.13. The third-order valence-corrected chi connectivity index (χ3v) is 3.48. The number of nitrogens with zero attached hydrogens (tertiary/aromatic N) is 1. The van der Waals surface area contributed by atoms with Gasteiger partial charge in [0.2, 0.25) is 0 Å². The Morgan fingerprint density at radius 3 is 2.87 bits per heavy atom. The van der Waals surface area contributed by atoms with E-state index in [1.807, 2.05) is 12.1 Å². The predicted molar refractivity (Wildman–Crippen MR) is 66.4 cm³/mol. The lowest BCUT2D eigenvalue weighted by Crippen LogP contribution is -1.83. The summed E-state index contributed by atoms with van der Waals surface area (Å²) in [5, 5.41) is 1.41. The van der Waals surface area contributed by atoms with E-state index in [4.69, 9.17) is 17.3 Å². The van der Waals surface area contributed by atoms with E-state index < -0.39 is 0 Å². The Morgan fingerprint density at radius 1 is 1.47 bits per heavy atom. The summed E-state index contributed by atoms with van der Waals surface area (Å²) in [5.74, 6) is 0. The lowest BCUT2D eigenvalue weighted by atomic mass is 10.1. The highest BCUT2D eigenvalue weighted by atomic mass is 35.5. The molecule has 0 bridgehead atoms. The highest BCUT2D eigenvalue weighted by Gasteiger charge is 2.05. The van der Waals surface area contributed by atoms with Crippen molar-refractivity contribution >= 4 is 28.1 Å². The van der Waals surface area contributed by atoms with Gasteiger partial charge in [0.25, 0.3) is 0 Å². The molecule has 0 amide bonds. The molecule has 0 unspecified atom stereocenters. The Bertz CT molecular complexity index is 479. The molecular weight excluding hydrogens is 228 g/mol. The zero-order valence-corrected chi connectivity index (χ0v) is 9.90. The first-order valence-electron chi connectivity index (χ1n) is 4.71. The van der Waals surface area contributed by atoms with Crippen molar-refractivity contribution in [3.63, 3.8) is 0 Å². The zero-order chi connectivity index (χ0) is 10.8. The fourth-order valence-electron chi connectivity index (χ4n) is 1.42. The molecule has 0 atom stereocenters. The zero-order valence-electron chi connectivity index (χ0n) is 8.33. The summed E-state index contributed by atoms with van der Waals surface area (Å²) in [4.78, 5) is 5.12. The first-order valence-corrected chi connectivity index (χ1v) is 5.90. The van der Waals surface area contributed by atoms with E-state index >= 15 is 0 Å². The van der Waals surface area contributed by atoms with Crippen molar-refractivity contribution in [1.29, 1.82) is 0 Å². The quantitative estimate of drug-likeness (QED) is 0.868. The van der Waals surface area contributed by atoms with E-state index in [1.54, 1.807) is 6.20 Å². The average Bonchev–Trinajstić information content (AvgIpc) is 2.66. The molecule has 0 radical (unpaired) electrons. The summed E-state index contributed by atoms with van der Waals surface area (Å²) >= 11 is 7.54. The van der Waals surface area contributed by atoms with Gasteiger partial charge in [0.1, 0.15) is 0 Å². The molecule has 1 aromatic carbocycles.